The summed E-state index contributed by atoms with van der Waals surface area (Å²) in [4.78, 5) is 15.5. The van der Waals surface area contributed by atoms with E-state index in [1.54, 1.807) is 7.11 Å². The van der Waals surface area contributed by atoms with Crippen molar-refractivity contribution in [3.63, 3.8) is 0 Å². The van der Waals surface area contributed by atoms with E-state index in [-0.39, 0.29) is 5.91 Å². The van der Waals surface area contributed by atoms with Crippen LogP contribution < -0.4 is 4.74 Å². The maximum Gasteiger partial charge on any atom is 0.258 e. The lowest BCUT2D eigenvalue weighted by molar-refractivity contribution is 0.0723. The number of para-hydroxylation sites is 1. The van der Waals surface area contributed by atoms with Gasteiger partial charge in [-0.2, -0.15) is 0 Å². The first-order valence-electron chi connectivity index (χ1n) is 10.8. The van der Waals surface area contributed by atoms with Gasteiger partial charge in [0.05, 0.1) is 19.2 Å². The second-order valence-electron chi connectivity index (χ2n) is 7.96. The SMILES string of the molecule is COc1ccccc1C(=O)N(Cc1ccccc1)Cc1cccn1Cc1ccc(C)cc1. The van der Waals surface area contributed by atoms with Crippen LogP contribution in [0.15, 0.2) is 97.2 Å². The number of methoxy groups -OCH3 is 1. The quantitative estimate of drug-likeness (QED) is 0.364. The Kier molecular flexibility index (Phi) is 6.71. The number of nitrogens with zero attached hydrogens (tertiary/aromatic N) is 2. The molecule has 0 saturated carbocycles. The molecule has 0 aliphatic heterocycles. The monoisotopic (exact) mass is 424 g/mol. The highest BCUT2D eigenvalue weighted by Crippen LogP contribution is 2.22. The molecule has 0 bridgehead atoms. The molecule has 1 heterocycles. The predicted molar refractivity (Wildman–Crippen MR) is 128 cm³/mol. The van der Waals surface area contributed by atoms with Crippen LogP contribution in [0.5, 0.6) is 5.75 Å². The topological polar surface area (TPSA) is 34.5 Å². The van der Waals surface area contributed by atoms with Crippen LogP contribution in [0.3, 0.4) is 0 Å². The van der Waals surface area contributed by atoms with Gasteiger partial charge in [-0.25, -0.2) is 0 Å². The van der Waals surface area contributed by atoms with Crippen molar-refractivity contribution < 1.29 is 9.53 Å². The molecule has 0 aliphatic carbocycles. The van der Waals surface area contributed by atoms with Crippen molar-refractivity contribution in [3.05, 3.63) is 125 Å². The van der Waals surface area contributed by atoms with Crippen LogP contribution in [0, 0.1) is 6.92 Å². The molecule has 4 aromatic rings. The molecule has 4 heteroatoms. The standard InChI is InChI=1S/C28H28N2O2/c1-22-14-16-24(17-15-22)19-29-18-8-11-25(29)21-30(20-23-9-4-3-5-10-23)28(31)26-12-6-7-13-27(26)32-2/h3-18H,19-21H2,1-2H3. The minimum Gasteiger partial charge on any atom is -0.496 e. The van der Waals surface area contributed by atoms with Gasteiger partial charge < -0.3 is 14.2 Å². The van der Waals surface area contributed by atoms with Crippen molar-refractivity contribution in [3.8, 4) is 5.75 Å². The van der Waals surface area contributed by atoms with Crippen LogP contribution in [0.1, 0.15) is 32.7 Å². The van der Waals surface area contributed by atoms with Gasteiger partial charge in [0.25, 0.3) is 5.91 Å². The normalized spacial score (nSPS) is 10.7. The van der Waals surface area contributed by atoms with E-state index >= 15 is 0 Å². The number of ether oxygens (including phenoxy) is 1. The van der Waals surface area contributed by atoms with Crippen LogP contribution in [-0.2, 0) is 19.6 Å². The summed E-state index contributed by atoms with van der Waals surface area (Å²) < 4.78 is 7.67. The predicted octanol–water partition coefficient (Wildman–Crippen LogP) is 5.70. The Morgan fingerprint density at radius 2 is 1.53 bits per heavy atom. The highest BCUT2D eigenvalue weighted by molar-refractivity contribution is 5.96. The first kappa shape index (κ1) is 21.4. The largest absolute Gasteiger partial charge is 0.496 e. The zero-order valence-electron chi connectivity index (χ0n) is 18.6. The van der Waals surface area contributed by atoms with Gasteiger partial charge in [-0.05, 0) is 42.3 Å². The van der Waals surface area contributed by atoms with Crippen molar-refractivity contribution in [2.75, 3.05) is 7.11 Å². The molecule has 32 heavy (non-hydrogen) atoms. The Labute approximate surface area is 189 Å². The number of aryl methyl sites for hydroxylation is 1. The van der Waals surface area contributed by atoms with E-state index < -0.39 is 0 Å². The number of benzene rings is 3. The number of amides is 1. The fourth-order valence-electron chi connectivity index (χ4n) is 3.83. The minimum absolute atomic E-state index is 0.0469. The van der Waals surface area contributed by atoms with E-state index in [9.17, 15) is 4.79 Å². The van der Waals surface area contributed by atoms with Gasteiger partial charge in [-0.3, -0.25) is 4.79 Å². The zero-order chi connectivity index (χ0) is 22.3. The third-order valence-corrected chi connectivity index (χ3v) is 5.59. The molecule has 0 aliphatic rings. The molecule has 3 aromatic carbocycles. The molecule has 1 aromatic heterocycles. The van der Waals surface area contributed by atoms with E-state index in [4.69, 9.17) is 4.74 Å². The summed E-state index contributed by atoms with van der Waals surface area (Å²) in [5.41, 5.74) is 5.23. The van der Waals surface area contributed by atoms with Crippen molar-refractivity contribution >= 4 is 5.91 Å². The molecule has 4 rings (SSSR count). The first-order chi connectivity index (χ1) is 15.6. The summed E-state index contributed by atoms with van der Waals surface area (Å²) in [7, 11) is 1.60. The van der Waals surface area contributed by atoms with Gasteiger partial charge in [0, 0.05) is 25.0 Å². The third kappa shape index (κ3) is 5.09. The first-order valence-corrected chi connectivity index (χ1v) is 10.8. The van der Waals surface area contributed by atoms with Gasteiger partial charge in [-0.15, -0.1) is 0 Å². The van der Waals surface area contributed by atoms with Gasteiger partial charge in [0.2, 0.25) is 0 Å². The van der Waals surface area contributed by atoms with Gasteiger partial charge in [0.15, 0.2) is 0 Å². The van der Waals surface area contributed by atoms with Crippen LogP contribution in [0.25, 0.3) is 0 Å². The van der Waals surface area contributed by atoms with Gasteiger partial charge in [0.1, 0.15) is 5.75 Å². The summed E-state index contributed by atoms with van der Waals surface area (Å²) >= 11 is 0. The fourth-order valence-corrected chi connectivity index (χ4v) is 3.83. The molecule has 0 fully saturated rings. The molecule has 0 saturated heterocycles. The highest BCUT2D eigenvalue weighted by Gasteiger charge is 2.21. The number of carbonyl (C=O) groups is 1. The lowest BCUT2D eigenvalue weighted by Crippen LogP contribution is -2.31. The Morgan fingerprint density at radius 3 is 2.28 bits per heavy atom. The third-order valence-electron chi connectivity index (χ3n) is 5.59. The van der Waals surface area contributed by atoms with E-state index in [1.165, 1.54) is 11.1 Å². The van der Waals surface area contributed by atoms with Gasteiger partial charge in [-0.1, -0.05) is 72.3 Å². The highest BCUT2D eigenvalue weighted by atomic mass is 16.5. The Hall–Kier alpha value is -3.79. The van der Waals surface area contributed by atoms with Crippen molar-refractivity contribution in [1.29, 1.82) is 0 Å². The van der Waals surface area contributed by atoms with Crippen molar-refractivity contribution in [2.24, 2.45) is 0 Å². The maximum absolute atomic E-state index is 13.6. The van der Waals surface area contributed by atoms with E-state index in [1.807, 2.05) is 65.6 Å². The number of hydrogen-bond acceptors (Lipinski definition) is 2. The lowest BCUT2D eigenvalue weighted by atomic mass is 10.1. The average Bonchev–Trinajstić information content (AvgIpc) is 3.26. The molecular formula is C28H28N2O2. The Bertz CT molecular complexity index is 1160. The molecule has 0 spiro atoms. The molecule has 4 nitrogen and oxygen atoms in total. The van der Waals surface area contributed by atoms with E-state index in [0.29, 0.717) is 24.4 Å². The van der Waals surface area contributed by atoms with Crippen molar-refractivity contribution in [1.82, 2.24) is 9.47 Å². The number of hydrogen-bond donors (Lipinski definition) is 0. The molecule has 162 valence electrons. The van der Waals surface area contributed by atoms with Crippen LogP contribution >= 0.6 is 0 Å². The molecule has 0 unspecified atom stereocenters. The molecular weight excluding hydrogens is 396 g/mol. The summed E-state index contributed by atoms with van der Waals surface area (Å²) in [5.74, 6) is 0.542. The smallest absolute Gasteiger partial charge is 0.258 e. The Balaban J connectivity index is 1.62. The zero-order valence-corrected chi connectivity index (χ0v) is 18.6. The molecule has 1 amide bonds. The second kappa shape index (κ2) is 10.0. The van der Waals surface area contributed by atoms with Crippen LogP contribution in [0.4, 0.5) is 0 Å². The Morgan fingerprint density at radius 1 is 0.812 bits per heavy atom. The average molecular weight is 425 g/mol. The molecule has 0 N–H and O–H groups in total. The van der Waals surface area contributed by atoms with Crippen molar-refractivity contribution in [2.45, 2.75) is 26.6 Å². The maximum atomic E-state index is 13.6. The summed E-state index contributed by atoms with van der Waals surface area (Å²) in [5, 5.41) is 0. The van der Waals surface area contributed by atoms with Gasteiger partial charge >= 0.3 is 0 Å². The van der Waals surface area contributed by atoms with E-state index in [2.05, 4.69) is 48.0 Å². The number of rotatable bonds is 8. The number of carbonyl (C=O) groups excluding carboxylic acids is 1. The summed E-state index contributed by atoms with van der Waals surface area (Å²) in [6.07, 6.45) is 2.07. The fraction of sp³-hybridized carbons (Fsp3) is 0.179. The van der Waals surface area contributed by atoms with Crippen LogP contribution in [0.2, 0.25) is 0 Å². The van der Waals surface area contributed by atoms with E-state index in [0.717, 1.165) is 17.8 Å². The second-order valence-corrected chi connectivity index (χ2v) is 7.96. The summed E-state index contributed by atoms with van der Waals surface area (Å²) in [6.45, 7) is 3.89. The van der Waals surface area contributed by atoms with Crippen LogP contribution in [-0.4, -0.2) is 22.5 Å². The summed E-state index contributed by atoms with van der Waals surface area (Å²) in [6, 6.07) is 30.2. The number of aromatic nitrogens is 1. The lowest BCUT2D eigenvalue weighted by Gasteiger charge is -2.25. The molecule has 0 atom stereocenters. The minimum atomic E-state index is -0.0469. The molecule has 0 radical (unpaired) electrons.